The van der Waals surface area contributed by atoms with Crippen LogP contribution in [0.15, 0.2) is 53.5 Å². The van der Waals surface area contributed by atoms with Gasteiger partial charge in [-0.1, -0.05) is 18.2 Å². The minimum atomic E-state index is -0.0581. The molecule has 2 N–H and O–H groups in total. The summed E-state index contributed by atoms with van der Waals surface area (Å²) in [6.07, 6.45) is 1.86. The second kappa shape index (κ2) is 5.38. The Balaban J connectivity index is 2.09. The molecule has 0 fully saturated rings. The molecule has 0 bridgehead atoms. The summed E-state index contributed by atoms with van der Waals surface area (Å²) in [4.78, 5) is 12.6. The van der Waals surface area contributed by atoms with Crippen molar-refractivity contribution in [2.75, 3.05) is 5.73 Å². The summed E-state index contributed by atoms with van der Waals surface area (Å²) in [6, 6.07) is 14.7. The van der Waals surface area contributed by atoms with Crippen LogP contribution in [0.5, 0.6) is 0 Å². The zero-order valence-electron chi connectivity index (χ0n) is 12.2. The number of hydrogen-bond donors (Lipinski definition) is 1. The van der Waals surface area contributed by atoms with Crippen molar-refractivity contribution >= 4 is 16.5 Å². The molecule has 4 nitrogen and oxygen atoms in total. The van der Waals surface area contributed by atoms with Crippen LogP contribution in [0.1, 0.15) is 16.7 Å². The predicted molar refractivity (Wildman–Crippen MR) is 87.6 cm³/mol. The van der Waals surface area contributed by atoms with Gasteiger partial charge in [-0.15, -0.1) is 0 Å². The van der Waals surface area contributed by atoms with Gasteiger partial charge in [-0.2, -0.15) is 5.26 Å². The maximum Gasteiger partial charge on any atom is 0.258 e. The third kappa shape index (κ3) is 2.45. The molecule has 0 spiro atoms. The number of nitrogens with zero attached hydrogens (tertiary/aromatic N) is 2. The van der Waals surface area contributed by atoms with Crippen LogP contribution >= 0.6 is 0 Å². The van der Waals surface area contributed by atoms with E-state index >= 15 is 0 Å². The first-order valence-corrected chi connectivity index (χ1v) is 6.97. The highest BCUT2D eigenvalue weighted by molar-refractivity contribution is 5.87. The predicted octanol–water partition coefficient (Wildman–Crippen LogP) is 2.81. The maximum atomic E-state index is 12.6. The number of aryl methyl sites for hydroxylation is 1. The Bertz CT molecular complexity index is 947. The minimum Gasteiger partial charge on any atom is -0.399 e. The number of aromatic nitrogens is 1. The van der Waals surface area contributed by atoms with E-state index < -0.39 is 0 Å². The van der Waals surface area contributed by atoms with E-state index in [4.69, 9.17) is 11.0 Å². The highest BCUT2D eigenvalue weighted by atomic mass is 16.1. The van der Waals surface area contributed by atoms with E-state index in [0.29, 0.717) is 23.2 Å². The lowest BCUT2D eigenvalue weighted by Crippen LogP contribution is -2.21. The number of nitriles is 1. The molecule has 2 aromatic carbocycles. The van der Waals surface area contributed by atoms with Crippen molar-refractivity contribution in [1.82, 2.24) is 4.57 Å². The number of benzene rings is 2. The van der Waals surface area contributed by atoms with E-state index in [1.165, 1.54) is 0 Å². The van der Waals surface area contributed by atoms with Gasteiger partial charge in [0, 0.05) is 17.3 Å². The Morgan fingerprint density at radius 1 is 1.14 bits per heavy atom. The summed E-state index contributed by atoms with van der Waals surface area (Å²) in [5.74, 6) is 0. The van der Waals surface area contributed by atoms with Crippen molar-refractivity contribution < 1.29 is 0 Å². The van der Waals surface area contributed by atoms with E-state index in [-0.39, 0.29) is 5.56 Å². The summed E-state index contributed by atoms with van der Waals surface area (Å²) in [6.45, 7) is 2.45. The molecule has 0 aliphatic rings. The average Bonchev–Trinajstić information content (AvgIpc) is 2.53. The highest BCUT2D eigenvalue weighted by Gasteiger charge is 2.07. The van der Waals surface area contributed by atoms with E-state index in [2.05, 4.69) is 6.07 Å². The zero-order chi connectivity index (χ0) is 15.7. The molecule has 0 unspecified atom stereocenters. The lowest BCUT2D eigenvalue weighted by atomic mass is 10.1. The van der Waals surface area contributed by atoms with Crippen LogP contribution < -0.4 is 11.3 Å². The smallest absolute Gasteiger partial charge is 0.258 e. The number of fused-ring (bicyclic) bond motifs is 1. The average molecular weight is 289 g/mol. The largest absolute Gasteiger partial charge is 0.399 e. The zero-order valence-corrected chi connectivity index (χ0v) is 12.2. The first-order valence-electron chi connectivity index (χ1n) is 6.97. The van der Waals surface area contributed by atoms with Crippen molar-refractivity contribution in [3.05, 3.63) is 75.7 Å². The van der Waals surface area contributed by atoms with E-state index in [1.54, 1.807) is 28.8 Å². The summed E-state index contributed by atoms with van der Waals surface area (Å²) in [5.41, 5.74) is 8.94. The van der Waals surface area contributed by atoms with Gasteiger partial charge in [0.15, 0.2) is 0 Å². The molecule has 22 heavy (non-hydrogen) atoms. The minimum absolute atomic E-state index is 0.0581. The first-order chi connectivity index (χ1) is 10.6. The molecule has 0 amide bonds. The van der Waals surface area contributed by atoms with Crippen molar-refractivity contribution in [2.24, 2.45) is 0 Å². The number of pyridine rings is 1. The maximum absolute atomic E-state index is 12.6. The summed E-state index contributed by atoms with van der Waals surface area (Å²) < 4.78 is 1.68. The molecule has 3 rings (SSSR count). The van der Waals surface area contributed by atoms with E-state index in [1.807, 2.05) is 31.3 Å². The van der Waals surface area contributed by atoms with E-state index in [0.717, 1.165) is 16.5 Å². The van der Waals surface area contributed by atoms with Crippen molar-refractivity contribution in [3.63, 3.8) is 0 Å². The SMILES string of the molecule is Cc1cn(Cc2ccc(C#N)cc2)c(=O)c2cc(N)ccc12. The Hall–Kier alpha value is -3.06. The molecule has 0 saturated carbocycles. The molecule has 0 radical (unpaired) electrons. The van der Waals surface area contributed by atoms with Crippen LogP contribution in [0.2, 0.25) is 0 Å². The van der Waals surface area contributed by atoms with Gasteiger partial charge in [-0.25, -0.2) is 0 Å². The van der Waals surface area contributed by atoms with Crippen molar-refractivity contribution in [1.29, 1.82) is 5.26 Å². The number of rotatable bonds is 2. The van der Waals surface area contributed by atoms with Gasteiger partial charge in [-0.05, 0) is 47.7 Å². The number of anilines is 1. The molecule has 108 valence electrons. The number of nitrogen functional groups attached to an aromatic ring is 1. The third-order valence-corrected chi connectivity index (χ3v) is 3.75. The summed E-state index contributed by atoms with van der Waals surface area (Å²) >= 11 is 0. The number of nitrogens with two attached hydrogens (primary N) is 1. The summed E-state index contributed by atoms with van der Waals surface area (Å²) in [5, 5.41) is 10.4. The molecule has 0 aliphatic heterocycles. The van der Waals surface area contributed by atoms with Crippen LogP contribution in [0.4, 0.5) is 5.69 Å². The molecular weight excluding hydrogens is 274 g/mol. The molecule has 0 aliphatic carbocycles. The molecule has 3 aromatic rings. The van der Waals surface area contributed by atoms with Crippen LogP contribution in [0.25, 0.3) is 10.8 Å². The van der Waals surface area contributed by atoms with E-state index in [9.17, 15) is 4.79 Å². The third-order valence-electron chi connectivity index (χ3n) is 3.75. The lowest BCUT2D eigenvalue weighted by molar-refractivity contribution is 0.764. The molecule has 1 aromatic heterocycles. The lowest BCUT2D eigenvalue weighted by Gasteiger charge is -2.11. The fourth-order valence-electron chi connectivity index (χ4n) is 2.60. The van der Waals surface area contributed by atoms with Crippen LogP contribution in [0.3, 0.4) is 0 Å². The van der Waals surface area contributed by atoms with Gasteiger partial charge >= 0.3 is 0 Å². The molecule has 1 heterocycles. The van der Waals surface area contributed by atoms with Gasteiger partial charge in [0.25, 0.3) is 5.56 Å². The van der Waals surface area contributed by atoms with Crippen molar-refractivity contribution in [3.8, 4) is 6.07 Å². The van der Waals surface area contributed by atoms with Gasteiger partial charge < -0.3 is 10.3 Å². The normalized spacial score (nSPS) is 10.5. The molecule has 4 heteroatoms. The van der Waals surface area contributed by atoms with Crippen LogP contribution in [0, 0.1) is 18.3 Å². The monoisotopic (exact) mass is 289 g/mol. The van der Waals surface area contributed by atoms with Gasteiger partial charge in [-0.3, -0.25) is 4.79 Å². The topological polar surface area (TPSA) is 71.8 Å². The molecule has 0 saturated heterocycles. The second-order valence-corrected chi connectivity index (χ2v) is 5.36. The van der Waals surface area contributed by atoms with Crippen molar-refractivity contribution in [2.45, 2.75) is 13.5 Å². The molecular formula is C18H15N3O. The standard InChI is InChI=1S/C18H15N3O/c1-12-10-21(11-14-4-2-13(9-19)3-5-14)18(22)17-8-15(20)6-7-16(12)17/h2-8,10H,11,20H2,1H3. The Morgan fingerprint density at radius 2 is 1.86 bits per heavy atom. The van der Waals surface area contributed by atoms with Crippen LogP contribution in [-0.4, -0.2) is 4.57 Å². The van der Waals surface area contributed by atoms with Gasteiger partial charge in [0.05, 0.1) is 18.2 Å². The van der Waals surface area contributed by atoms with Gasteiger partial charge in [0.2, 0.25) is 0 Å². The highest BCUT2D eigenvalue weighted by Crippen LogP contribution is 2.18. The second-order valence-electron chi connectivity index (χ2n) is 5.36. The molecule has 0 atom stereocenters. The Kier molecular flexibility index (Phi) is 3.40. The number of hydrogen-bond acceptors (Lipinski definition) is 3. The van der Waals surface area contributed by atoms with Crippen LogP contribution in [-0.2, 0) is 6.54 Å². The quantitative estimate of drug-likeness (QED) is 0.737. The fourth-order valence-corrected chi connectivity index (χ4v) is 2.60. The first kappa shape index (κ1) is 13.9. The summed E-state index contributed by atoms with van der Waals surface area (Å²) in [7, 11) is 0. The fraction of sp³-hybridized carbons (Fsp3) is 0.111. The van der Waals surface area contributed by atoms with Gasteiger partial charge in [0.1, 0.15) is 0 Å². The Morgan fingerprint density at radius 3 is 2.55 bits per heavy atom. The Labute approximate surface area is 128 Å².